The van der Waals surface area contributed by atoms with Gasteiger partial charge in [0, 0.05) is 16.0 Å². The Balaban J connectivity index is 3.01. The zero-order chi connectivity index (χ0) is 11.0. The Morgan fingerprint density at radius 3 is 1.90 bits per heavy atom. The Labute approximate surface area is 85.6 Å². The Morgan fingerprint density at radius 2 is 1.60 bits per heavy atom. The highest BCUT2D eigenvalue weighted by molar-refractivity contribution is 9.09. The molecule has 0 aromatic rings. The van der Waals surface area contributed by atoms with Crippen LogP contribution in [-0.4, -0.2) is 10.6 Å². The molecule has 0 saturated heterocycles. The predicted molar refractivity (Wildman–Crippen MR) is 53.1 cm³/mol. The zero-order valence-corrected chi connectivity index (χ0v) is 8.96. The summed E-state index contributed by atoms with van der Waals surface area (Å²) in [7, 11) is 0. The first kappa shape index (κ1) is 4.86. The predicted octanol–water partition coefficient (Wildman–Crippen LogP) is 3.73. The first-order valence-electron chi connectivity index (χ1n) is 5.59. The lowest BCUT2D eigenvalue weighted by molar-refractivity contribution is 0.262. The summed E-state index contributed by atoms with van der Waals surface area (Å²) in [5.41, 5.74) is -0.946. The van der Waals surface area contributed by atoms with Gasteiger partial charge in [0.05, 0.1) is 0 Å². The molecule has 1 aliphatic rings. The molecule has 60 valence electrons. The van der Waals surface area contributed by atoms with Gasteiger partial charge in [-0.1, -0.05) is 51.1 Å². The van der Waals surface area contributed by atoms with E-state index in [0.29, 0.717) is 12.8 Å². The highest BCUT2D eigenvalue weighted by Crippen LogP contribution is 2.38. The van der Waals surface area contributed by atoms with E-state index in [4.69, 9.17) is 5.48 Å². The summed E-state index contributed by atoms with van der Waals surface area (Å²) in [6, 6.07) is 0. The first-order chi connectivity index (χ1) is 6.21. The number of alkyl halides is 2. The van der Waals surface area contributed by atoms with Crippen molar-refractivity contribution in [1.82, 2.24) is 0 Å². The maximum Gasteiger partial charge on any atom is 0.0393 e. The highest BCUT2D eigenvalue weighted by atomic mass is 79.9. The van der Waals surface area contributed by atoms with Crippen LogP contribution in [0.2, 0.25) is 0 Å². The van der Waals surface area contributed by atoms with Crippen molar-refractivity contribution in [3.8, 4) is 0 Å². The molecule has 1 aliphatic carbocycles. The molecule has 0 aromatic carbocycles. The molecule has 2 heteroatoms. The average molecular weight is 274 g/mol. The van der Waals surface area contributed by atoms with Crippen molar-refractivity contribution in [2.75, 3.05) is 10.6 Å². The van der Waals surface area contributed by atoms with E-state index < -0.39 is 16.0 Å². The van der Waals surface area contributed by atoms with Crippen molar-refractivity contribution in [2.45, 2.75) is 32.1 Å². The maximum absolute atomic E-state index is 7.74. The van der Waals surface area contributed by atoms with Crippen molar-refractivity contribution in [3.05, 3.63) is 0 Å². The summed E-state index contributed by atoms with van der Waals surface area (Å²) in [5.74, 6) is 0. The summed E-state index contributed by atoms with van der Waals surface area (Å²) in [5, 5.41) is -3.32. The second-order valence-corrected chi connectivity index (χ2v) is 3.62. The number of hydrogen-bond donors (Lipinski definition) is 0. The van der Waals surface area contributed by atoms with Gasteiger partial charge in [-0.25, -0.2) is 0 Å². The van der Waals surface area contributed by atoms with Crippen molar-refractivity contribution in [1.29, 1.82) is 0 Å². The number of hydrogen-bond acceptors (Lipinski definition) is 0. The summed E-state index contributed by atoms with van der Waals surface area (Å²) < 4.78 is 31.0. The molecule has 0 N–H and O–H groups in total. The number of rotatable bonds is 2. The molecule has 0 heterocycles. The molecule has 0 amide bonds. The molecular formula is C8H14Br2. The molecule has 1 fully saturated rings. The van der Waals surface area contributed by atoms with Crippen LogP contribution in [0.15, 0.2) is 0 Å². The standard InChI is InChI=1S/C8H14Br2/c9-6-8(7-10)4-2-1-3-5-8/h1-7H2/i6D2,7D2. The van der Waals surface area contributed by atoms with E-state index in [1.165, 1.54) is 0 Å². The molecule has 0 bridgehead atoms. The van der Waals surface area contributed by atoms with Crippen LogP contribution >= 0.6 is 31.9 Å². The quantitative estimate of drug-likeness (QED) is 0.673. The lowest BCUT2D eigenvalue weighted by atomic mass is 9.77. The van der Waals surface area contributed by atoms with Crippen LogP contribution < -0.4 is 0 Å². The summed E-state index contributed by atoms with van der Waals surface area (Å²) in [6.07, 6.45) is 4.05. The van der Waals surface area contributed by atoms with Crippen LogP contribution in [-0.2, 0) is 0 Å². The van der Waals surface area contributed by atoms with Gasteiger partial charge in [-0.05, 0) is 18.3 Å². The summed E-state index contributed by atoms with van der Waals surface area (Å²) in [6.45, 7) is 0. The van der Waals surface area contributed by atoms with Gasteiger partial charge in [-0.2, -0.15) is 0 Å². The van der Waals surface area contributed by atoms with Crippen LogP contribution in [0.5, 0.6) is 0 Å². The van der Waals surface area contributed by atoms with Gasteiger partial charge in [0.1, 0.15) is 0 Å². The van der Waals surface area contributed by atoms with E-state index in [1.807, 2.05) is 0 Å². The molecule has 0 unspecified atom stereocenters. The third-order valence-electron chi connectivity index (χ3n) is 2.07. The van der Waals surface area contributed by atoms with Gasteiger partial charge in [0.2, 0.25) is 0 Å². The van der Waals surface area contributed by atoms with E-state index in [2.05, 4.69) is 31.9 Å². The third-order valence-corrected chi connectivity index (χ3v) is 3.59. The molecule has 0 radical (unpaired) electrons. The van der Waals surface area contributed by atoms with E-state index in [-0.39, 0.29) is 0 Å². The smallest absolute Gasteiger partial charge is 0.0393 e. The van der Waals surface area contributed by atoms with Crippen LogP contribution in [0.25, 0.3) is 0 Å². The lowest BCUT2D eigenvalue weighted by Crippen LogP contribution is -2.27. The Morgan fingerprint density at radius 1 is 1.10 bits per heavy atom. The van der Waals surface area contributed by atoms with E-state index in [1.54, 1.807) is 0 Å². The van der Waals surface area contributed by atoms with Crippen LogP contribution in [0, 0.1) is 5.41 Å². The molecule has 0 spiro atoms. The first-order valence-corrected chi connectivity index (χ1v) is 5.17. The zero-order valence-electron chi connectivity index (χ0n) is 9.79. The van der Waals surface area contributed by atoms with Gasteiger partial charge in [-0.15, -0.1) is 0 Å². The van der Waals surface area contributed by atoms with Crippen molar-refractivity contribution in [3.63, 3.8) is 0 Å². The third kappa shape index (κ3) is 1.97. The molecule has 0 atom stereocenters. The molecule has 0 aliphatic heterocycles. The van der Waals surface area contributed by atoms with E-state index >= 15 is 0 Å². The van der Waals surface area contributed by atoms with E-state index in [0.717, 1.165) is 19.3 Å². The van der Waals surface area contributed by atoms with Crippen molar-refractivity contribution in [2.24, 2.45) is 5.41 Å². The van der Waals surface area contributed by atoms with Gasteiger partial charge in [-0.3, -0.25) is 0 Å². The minimum absolute atomic E-state index is 0.587. The second kappa shape index (κ2) is 4.10. The van der Waals surface area contributed by atoms with Gasteiger partial charge in [0.15, 0.2) is 0 Å². The summed E-state index contributed by atoms with van der Waals surface area (Å²) in [4.78, 5) is 0. The van der Waals surface area contributed by atoms with Gasteiger partial charge >= 0.3 is 0 Å². The Bertz CT molecular complexity index is 184. The van der Waals surface area contributed by atoms with Gasteiger partial charge < -0.3 is 0 Å². The second-order valence-electron chi connectivity index (χ2n) is 2.83. The van der Waals surface area contributed by atoms with Crippen molar-refractivity contribution >= 4 is 31.9 Å². The molecular weight excluding hydrogens is 256 g/mol. The molecule has 0 aromatic heterocycles. The molecule has 1 saturated carbocycles. The fourth-order valence-corrected chi connectivity index (χ4v) is 2.62. The molecule has 0 nitrogen and oxygen atoms in total. The highest BCUT2D eigenvalue weighted by Gasteiger charge is 2.29. The largest absolute Gasteiger partial charge is 0.0922 e. The SMILES string of the molecule is [2H]C([2H])(Br)C1(C([2H])([2H])Br)CCCCC1. The molecule has 1 rings (SSSR count). The fraction of sp³-hybridized carbons (Fsp3) is 1.00. The van der Waals surface area contributed by atoms with E-state index in [9.17, 15) is 0 Å². The number of halogens is 2. The Kier molecular flexibility index (Phi) is 1.99. The summed E-state index contributed by atoms with van der Waals surface area (Å²) >= 11 is 5.99. The molecule has 10 heavy (non-hydrogen) atoms. The lowest BCUT2D eigenvalue weighted by Gasteiger charge is -2.33. The monoisotopic (exact) mass is 272 g/mol. The minimum Gasteiger partial charge on any atom is -0.0922 e. The van der Waals surface area contributed by atoms with Crippen molar-refractivity contribution < 1.29 is 5.48 Å². The topological polar surface area (TPSA) is 0 Å². The van der Waals surface area contributed by atoms with Gasteiger partial charge in [0.25, 0.3) is 0 Å². The van der Waals surface area contributed by atoms with Crippen LogP contribution in [0.1, 0.15) is 37.6 Å². The average Bonchev–Trinajstić information content (AvgIpc) is 2.02. The minimum atomic E-state index is -1.66. The maximum atomic E-state index is 7.74. The van der Waals surface area contributed by atoms with Crippen LogP contribution in [0.3, 0.4) is 0 Å². The fourth-order valence-electron chi connectivity index (χ4n) is 1.36. The Hall–Kier alpha value is 0.960. The van der Waals surface area contributed by atoms with Crippen LogP contribution in [0.4, 0.5) is 0 Å². The normalized spacial score (nSPS) is 33.4.